The number of fused-ring (bicyclic) bond motifs is 1. The minimum atomic E-state index is -0.151. The van der Waals surface area contributed by atoms with Crippen molar-refractivity contribution in [3.05, 3.63) is 53.1 Å². The van der Waals surface area contributed by atoms with Crippen LogP contribution in [0.4, 0.5) is 0 Å². The number of hydrogen-bond donors (Lipinski definition) is 0. The van der Waals surface area contributed by atoms with E-state index in [0.717, 1.165) is 47.8 Å². The zero-order valence-corrected chi connectivity index (χ0v) is 17.5. The molecular formula is C22H24ClNO3S. The molecule has 4 nitrogen and oxygen atoms in total. The van der Waals surface area contributed by atoms with Gasteiger partial charge in [-0.25, -0.2) is 0 Å². The smallest absolute Gasteiger partial charge is 0.236 e. The van der Waals surface area contributed by atoms with Crippen LogP contribution in [0.25, 0.3) is 0 Å². The van der Waals surface area contributed by atoms with Gasteiger partial charge in [0.05, 0.1) is 24.5 Å². The van der Waals surface area contributed by atoms with Crippen molar-refractivity contribution in [2.45, 2.75) is 42.4 Å². The van der Waals surface area contributed by atoms with Crippen molar-refractivity contribution >= 4 is 29.3 Å². The van der Waals surface area contributed by atoms with Gasteiger partial charge in [-0.1, -0.05) is 17.7 Å². The first-order chi connectivity index (χ1) is 13.6. The second-order valence-electron chi connectivity index (χ2n) is 7.16. The van der Waals surface area contributed by atoms with Crippen molar-refractivity contribution in [1.82, 2.24) is 4.90 Å². The molecule has 1 fully saturated rings. The lowest BCUT2D eigenvalue weighted by Crippen LogP contribution is -2.36. The lowest BCUT2D eigenvalue weighted by molar-refractivity contribution is -0.131. The highest BCUT2D eigenvalue weighted by Gasteiger charge is 2.33. The Kier molecular flexibility index (Phi) is 6.02. The molecule has 2 atom stereocenters. The van der Waals surface area contributed by atoms with Crippen LogP contribution in [0.15, 0.2) is 47.4 Å². The van der Waals surface area contributed by atoms with Crippen molar-refractivity contribution < 1.29 is 14.3 Å². The number of carbonyl (C=O) groups is 1. The van der Waals surface area contributed by atoms with E-state index in [1.807, 2.05) is 48.2 Å². The van der Waals surface area contributed by atoms with Crippen molar-refractivity contribution in [3.63, 3.8) is 0 Å². The van der Waals surface area contributed by atoms with E-state index in [4.69, 9.17) is 21.1 Å². The molecule has 2 aromatic carbocycles. The summed E-state index contributed by atoms with van der Waals surface area (Å²) in [6.45, 7) is 4.12. The van der Waals surface area contributed by atoms with E-state index in [0.29, 0.717) is 18.2 Å². The molecule has 0 N–H and O–H groups in total. The second kappa shape index (κ2) is 8.66. The molecule has 2 aliphatic rings. The molecule has 148 valence electrons. The van der Waals surface area contributed by atoms with Gasteiger partial charge in [0, 0.05) is 22.9 Å². The summed E-state index contributed by atoms with van der Waals surface area (Å²) in [7, 11) is 0. The Morgan fingerprint density at radius 1 is 1.11 bits per heavy atom. The van der Waals surface area contributed by atoms with E-state index in [1.54, 1.807) is 11.8 Å². The molecule has 1 amide bonds. The lowest BCUT2D eigenvalue weighted by atomic mass is 10.0. The van der Waals surface area contributed by atoms with Gasteiger partial charge in [0.2, 0.25) is 5.91 Å². The number of nitrogens with zero attached hydrogens (tertiary/aromatic N) is 1. The average molecular weight is 418 g/mol. The van der Waals surface area contributed by atoms with Gasteiger partial charge in [0.1, 0.15) is 0 Å². The van der Waals surface area contributed by atoms with Crippen LogP contribution < -0.4 is 9.47 Å². The first-order valence-electron chi connectivity index (χ1n) is 9.74. The molecular weight excluding hydrogens is 394 g/mol. The zero-order valence-electron chi connectivity index (χ0n) is 15.9. The monoisotopic (exact) mass is 417 g/mol. The van der Waals surface area contributed by atoms with Crippen LogP contribution in [0, 0.1) is 0 Å². The predicted molar refractivity (Wildman–Crippen MR) is 113 cm³/mol. The van der Waals surface area contributed by atoms with Crippen LogP contribution in [0.2, 0.25) is 5.02 Å². The van der Waals surface area contributed by atoms with Gasteiger partial charge < -0.3 is 14.4 Å². The van der Waals surface area contributed by atoms with Crippen molar-refractivity contribution in [3.8, 4) is 11.5 Å². The number of rotatable bonds is 4. The molecule has 0 aromatic heterocycles. The Morgan fingerprint density at radius 2 is 1.86 bits per heavy atom. The van der Waals surface area contributed by atoms with E-state index in [1.165, 1.54) is 0 Å². The predicted octanol–water partition coefficient (Wildman–Crippen LogP) is 5.35. The summed E-state index contributed by atoms with van der Waals surface area (Å²) < 4.78 is 11.6. The second-order valence-corrected chi connectivity index (χ2v) is 9.01. The van der Waals surface area contributed by atoms with E-state index < -0.39 is 0 Å². The van der Waals surface area contributed by atoms with Crippen molar-refractivity contribution in [2.75, 3.05) is 19.8 Å². The highest BCUT2D eigenvalue weighted by atomic mass is 35.5. The van der Waals surface area contributed by atoms with Crippen LogP contribution in [0.1, 0.15) is 37.8 Å². The molecule has 0 aliphatic carbocycles. The third-order valence-electron chi connectivity index (χ3n) is 5.17. The molecule has 2 unspecified atom stereocenters. The van der Waals surface area contributed by atoms with Gasteiger partial charge in [-0.3, -0.25) is 4.79 Å². The summed E-state index contributed by atoms with van der Waals surface area (Å²) in [6.07, 6.45) is 2.88. The molecule has 28 heavy (non-hydrogen) atoms. The molecule has 1 saturated heterocycles. The third-order valence-corrected chi connectivity index (χ3v) is 6.52. The van der Waals surface area contributed by atoms with Crippen molar-refractivity contribution in [2.24, 2.45) is 0 Å². The molecule has 4 rings (SSSR count). The van der Waals surface area contributed by atoms with Gasteiger partial charge in [-0.15, -0.1) is 11.8 Å². The Hall–Kier alpha value is -1.85. The van der Waals surface area contributed by atoms with Crippen LogP contribution in [-0.2, 0) is 4.79 Å². The van der Waals surface area contributed by atoms with E-state index in [2.05, 4.69) is 6.07 Å². The minimum Gasteiger partial charge on any atom is -0.490 e. The Morgan fingerprint density at radius 3 is 2.64 bits per heavy atom. The Balaban J connectivity index is 1.49. The molecule has 0 spiro atoms. The zero-order chi connectivity index (χ0) is 19.5. The molecule has 2 heterocycles. The van der Waals surface area contributed by atoms with Gasteiger partial charge in [-0.05, 0) is 61.7 Å². The fraction of sp³-hybridized carbons (Fsp3) is 0.409. The summed E-state index contributed by atoms with van der Waals surface area (Å²) >= 11 is 7.53. The van der Waals surface area contributed by atoms with Crippen molar-refractivity contribution in [1.29, 1.82) is 0 Å². The normalized spacial score (nSPS) is 19.9. The van der Waals surface area contributed by atoms with Crippen LogP contribution in [-0.4, -0.2) is 35.8 Å². The lowest BCUT2D eigenvalue weighted by Gasteiger charge is -2.28. The fourth-order valence-corrected chi connectivity index (χ4v) is 4.83. The number of benzene rings is 2. The first-order valence-corrected chi connectivity index (χ1v) is 11.0. The standard InChI is InChI=1S/C22H24ClNO3S/c1-15(28-18-8-6-17(23)7-9-18)22(25)24-11-2-4-19(24)16-5-10-20-21(14-16)27-13-3-12-26-20/h5-10,14-15,19H,2-4,11-13H2,1H3. The minimum absolute atomic E-state index is 0.0953. The Labute approximate surface area is 175 Å². The maximum atomic E-state index is 13.2. The summed E-state index contributed by atoms with van der Waals surface area (Å²) in [5.74, 6) is 1.76. The van der Waals surface area contributed by atoms with Crippen LogP contribution in [0.5, 0.6) is 11.5 Å². The summed E-state index contributed by atoms with van der Waals surface area (Å²) in [5, 5.41) is 0.555. The van der Waals surface area contributed by atoms with E-state index in [-0.39, 0.29) is 17.2 Å². The number of thioether (sulfide) groups is 1. The quantitative estimate of drug-likeness (QED) is 0.629. The number of likely N-dealkylation sites (tertiary alicyclic amines) is 1. The summed E-state index contributed by atoms with van der Waals surface area (Å²) in [4.78, 5) is 16.2. The third kappa shape index (κ3) is 4.26. The number of ether oxygens (including phenoxy) is 2. The van der Waals surface area contributed by atoms with Gasteiger partial charge in [0.25, 0.3) is 0 Å². The summed E-state index contributed by atoms with van der Waals surface area (Å²) in [5.41, 5.74) is 1.12. The maximum absolute atomic E-state index is 13.2. The van der Waals surface area contributed by atoms with Gasteiger partial charge >= 0.3 is 0 Å². The van der Waals surface area contributed by atoms with Crippen LogP contribution >= 0.6 is 23.4 Å². The maximum Gasteiger partial charge on any atom is 0.236 e. The Bertz CT molecular complexity index is 842. The largest absolute Gasteiger partial charge is 0.490 e. The highest BCUT2D eigenvalue weighted by molar-refractivity contribution is 8.00. The molecule has 2 aliphatic heterocycles. The molecule has 0 bridgehead atoms. The van der Waals surface area contributed by atoms with Crippen LogP contribution in [0.3, 0.4) is 0 Å². The summed E-state index contributed by atoms with van der Waals surface area (Å²) in [6, 6.07) is 13.8. The number of hydrogen-bond acceptors (Lipinski definition) is 4. The average Bonchev–Trinajstić information content (AvgIpc) is 3.07. The molecule has 0 saturated carbocycles. The number of carbonyl (C=O) groups excluding carboxylic acids is 1. The van der Waals surface area contributed by atoms with Gasteiger partial charge in [-0.2, -0.15) is 0 Å². The molecule has 6 heteroatoms. The highest BCUT2D eigenvalue weighted by Crippen LogP contribution is 2.39. The SMILES string of the molecule is CC(Sc1ccc(Cl)cc1)C(=O)N1CCCC1c1ccc2c(c1)OCCCO2. The van der Waals surface area contributed by atoms with Gasteiger partial charge in [0.15, 0.2) is 11.5 Å². The van der Waals surface area contributed by atoms with E-state index >= 15 is 0 Å². The first kappa shape index (κ1) is 19.5. The van der Waals surface area contributed by atoms with E-state index in [9.17, 15) is 4.79 Å². The molecule has 0 radical (unpaired) electrons. The topological polar surface area (TPSA) is 38.8 Å². The fourth-order valence-electron chi connectivity index (χ4n) is 3.77. The number of halogens is 1. The molecule has 2 aromatic rings. The number of amides is 1.